The summed E-state index contributed by atoms with van der Waals surface area (Å²) in [6.45, 7) is 2.23. The van der Waals surface area contributed by atoms with Gasteiger partial charge in [0.15, 0.2) is 0 Å². The quantitative estimate of drug-likeness (QED) is 0.130. The van der Waals surface area contributed by atoms with Crippen molar-refractivity contribution in [3.63, 3.8) is 0 Å². The minimum Gasteiger partial charge on any atom is -0.469 e. The van der Waals surface area contributed by atoms with Crippen LogP contribution in [-0.4, -0.2) is 24.4 Å². The summed E-state index contributed by atoms with van der Waals surface area (Å²) >= 11 is 0. The van der Waals surface area contributed by atoms with E-state index in [2.05, 4.69) is 22.6 Å². The minimum atomic E-state index is -0.198. The molecule has 1 unspecified atom stereocenters. The Labute approximate surface area is 142 Å². The van der Waals surface area contributed by atoms with E-state index in [0.29, 0.717) is 6.42 Å². The van der Waals surface area contributed by atoms with E-state index in [1.807, 2.05) is 6.08 Å². The van der Waals surface area contributed by atoms with Gasteiger partial charge in [-0.15, -0.1) is 0 Å². The van der Waals surface area contributed by atoms with Crippen LogP contribution in [0, 0.1) is 0 Å². The van der Waals surface area contributed by atoms with Gasteiger partial charge in [-0.05, 0) is 25.7 Å². The lowest BCUT2D eigenvalue weighted by molar-refractivity contribution is -0.267. The van der Waals surface area contributed by atoms with Crippen LogP contribution in [0.25, 0.3) is 0 Å². The third kappa shape index (κ3) is 15.8. The third-order valence-electron chi connectivity index (χ3n) is 4.06. The van der Waals surface area contributed by atoms with E-state index >= 15 is 0 Å². The van der Waals surface area contributed by atoms with Crippen LogP contribution >= 0.6 is 0 Å². The first kappa shape index (κ1) is 22.1. The molecular formula is C19H36O4. The summed E-state index contributed by atoms with van der Waals surface area (Å²) in [6.07, 6.45) is 18.0. The van der Waals surface area contributed by atoms with Gasteiger partial charge in [-0.1, -0.05) is 70.4 Å². The van der Waals surface area contributed by atoms with E-state index in [1.54, 1.807) is 0 Å². The van der Waals surface area contributed by atoms with Crippen molar-refractivity contribution in [1.29, 1.82) is 0 Å². The highest BCUT2D eigenvalue weighted by molar-refractivity contribution is 5.68. The van der Waals surface area contributed by atoms with Crippen LogP contribution in [-0.2, 0) is 14.4 Å². The fraction of sp³-hybridized carbons (Fsp3) is 0.842. The standard InChI is InChI=1S/C19H36O4/c1-3-4-5-6-7-8-9-12-15-18(23-21)16-13-10-11-14-17-19(20)22-2/h12,15,18,21H,3-11,13-14,16-17H2,1-2H3. The fourth-order valence-corrected chi connectivity index (χ4v) is 2.55. The number of hydrogen-bond acceptors (Lipinski definition) is 4. The molecule has 0 heterocycles. The predicted octanol–water partition coefficient (Wildman–Crippen LogP) is 5.67. The maximum atomic E-state index is 11.0. The summed E-state index contributed by atoms with van der Waals surface area (Å²) in [5, 5.41) is 8.92. The topological polar surface area (TPSA) is 55.8 Å². The highest BCUT2D eigenvalue weighted by atomic mass is 17.1. The van der Waals surface area contributed by atoms with Crippen LogP contribution in [0.1, 0.15) is 90.4 Å². The Hall–Kier alpha value is -0.870. The zero-order valence-corrected chi connectivity index (χ0v) is 15.1. The lowest BCUT2D eigenvalue weighted by Crippen LogP contribution is -2.07. The number of hydrogen-bond donors (Lipinski definition) is 1. The molecule has 0 bridgehead atoms. The van der Waals surface area contributed by atoms with Gasteiger partial charge in [0.1, 0.15) is 6.10 Å². The Bertz CT molecular complexity index is 289. The Morgan fingerprint density at radius 2 is 1.65 bits per heavy atom. The summed E-state index contributed by atoms with van der Waals surface area (Å²) in [4.78, 5) is 15.5. The van der Waals surface area contributed by atoms with Crippen molar-refractivity contribution in [3.8, 4) is 0 Å². The lowest BCUT2D eigenvalue weighted by atomic mass is 10.1. The summed E-state index contributed by atoms with van der Waals surface area (Å²) in [6, 6.07) is 0. The molecule has 23 heavy (non-hydrogen) atoms. The third-order valence-corrected chi connectivity index (χ3v) is 4.06. The summed E-state index contributed by atoms with van der Waals surface area (Å²) < 4.78 is 4.60. The molecule has 0 rings (SSSR count). The highest BCUT2D eigenvalue weighted by Crippen LogP contribution is 2.12. The van der Waals surface area contributed by atoms with Crippen molar-refractivity contribution in [1.82, 2.24) is 0 Å². The van der Waals surface area contributed by atoms with Crippen LogP contribution in [0.4, 0.5) is 0 Å². The molecule has 4 nitrogen and oxygen atoms in total. The van der Waals surface area contributed by atoms with Gasteiger partial charge in [0.25, 0.3) is 0 Å². The summed E-state index contributed by atoms with van der Waals surface area (Å²) in [5.41, 5.74) is 0. The molecule has 0 aliphatic rings. The number of allylic oxidation sites excluding steroid dienone is 1. The van der Waals surface area contributed by atoms with Crippen LogP contribution in [0.5, 0.6) is 0 Å². The molecular weight excluding hydrogens is 292 g/mol. The largest absolute Gasteiger partial charge is 0.469 e. The van der Waals surface area contributed by atoms with Crippen molar-refractivity contribution >= 4 is 5.97 Å². The predicted molar refractivity (Wildman–Crippen MR) is 94.4 cm³/mol. The Kier molecular flexibility index (Phi) is 16.8. The van der Waals surface area contributed by atoms with E-state index in [-0.39, 0.29) is 12.1 Å². The molecule has 1 N–H and O–H groups in total. The van der Waals surface area contributed by atoms with Crippen LogP contribution in [0.3, 0.4) is 0 Å². The highest BCUT2D eigenvalue weighted by Gasteiger charge is 2.04. The van der Waals surface area contributed by atoms with E-state index in [0.717, 1.165) is 38.5 Å². The van der Waals surface area contributed by atoms with Crippen molar-refractivity contribution < 1.29 is 19.7 Å². The SMILES string of the molecule is CCCCCCCCC=CC(CCCCCCC(=O)OC)OO. The molecule has 0 aromatic carbocycles. The average Bonchev–Trinajstić information content (AvgIpc) is 2.57. The second kappa shape index (κ2) is 17.5. The van der Waals surface area contributed by atoms with E-state index in [1.165, 1.54) is 45.6 Å². The normalized spacial score (nSPS) is 12.7. The van der Waals surface area contributed by atoms with E-state index < -0.39 is 0 Å². The van der Waals surface area contributed by atoms with Gasteiger partial charge in [-0.2, -0.15) is 0 Å². The first-order valence-electron chi connectivity index (χ1n) is 9.28. The molecule has 0 spiro atoms. The Morgan fingerprint density at radius 3 is 2.35 bits per heavy atom. The molecule has 0 aliphatic carbocycles. The van der Waals surface area contributed by atoms with Crippen molar-refractivity contribution in [2.24, 2.45) is 0 Å². The zero-order valence-electron chi connectivity index (χ0n) is 15.1. The van der Waals surface area contributed by atoms with Gasteiger partial charge in [-0.3, -0.25) is 10.1 Å². The van der Waals surface area contributed by atoms with Gasteiger partial charge in [0.05, 0.1) is 7.11 Å². The van der Waals surface area contributed by atoms with Gasteiger partial charge in [0.2, 0.25) is 0 Å². The molecule has 0 fully saturated rings. The molecule has 136 valence electrons. The number of esters is 1. The van der Waals surface area contributed by atoms with Crippen LogP contribution in [0.2, 0.25) is 0 Å². The molecule has 4 heteroatoms. The summed E-state index contributed by atoms with van der Waals surface area (Å²) in [7, 11) is 1.42. The maximum Gasteiger partial charge on any atom is 0.305 e. The zero-order chi connectivity index (χ0) is 17.2. The summed E-state index contributed by atoms with van der Waals surface area (Å²) in [5.74, 6) is -0.140. The Morgan fingerprint density at radius 1 is 1.00 bits per heavy atom. The minimum absolute atomic E-state index is 0.140. The van der Waals surface area contributed by atoms with Crippen molar-refractivity contribution in [2.75, 3.05) is 7.11 Å². The average molecular weight is 328 g/mol. The monoisotopic (exact) mass is 328 g/mol. The number of ether oxygens (including phenoxy) is 1. The number of carbonyl (C=O) groups is 1. The number of carbonyl (C=O) groups excluding carboxylic acids is 1. The van der Waals surface area contributed by atoms with Gasteiger partial charge >= 0.3 is 5.97 Å². The molecule has 0 aromatic rings. The van der Waals surface area contributed by atoms with Crippen molar-refractivity contribution in [3.05, 3.63) is 12.2 Å². The smallest absolute Gasteiger partial charge is 0.305 e. The second-order valence-electron chi connectivity index (χ2n) is 6.16. The fourth-order valence-electron chi connectivity index (χ4n) is 2.55. The van der Waals surface area contributed by atoms with Crippen LogP contribution < -0.4 is 0 Å². The van der Waals surface area contributed by atoms with E-state index in [9.17, 15) is 4.79 Å². The van der Waals surface area contributed by atoms with Crippen molar-refractivity contribution in [2.45, 2.75) is 96.5 Å². The molecule has 0 saturated carbocycles. The second-order valence-corrected chi connectivity index (χ2v) is 6.16. The lowest BCUT2D eigenvalue weighted by Gasteiger charge is -2.08. The van der Waals surface area contributed by atoms with E-state index in [4.69, 9.17) is 5.26 Å². The van der Waals surface area contributed by atoms with Gasteiger partial charge in [0, 0.05) is 6.42 Å². The molecule has 0 aromatic heterocycles. The number of methoxy groups -OCH3 is 1. The molecule has 0 aliphatic heterocycles. The molecule has 0 amide bonds. The molecule has 0 radical (unpaired) electrons. The molecule has 0 saturated heterocycles. The van der Waals surface area contributed by atoms with Gasteiger partial charge in [-0.25, -0.2) is 4.89 Å². The first-order valence-corrected chi connectivity index (χ1v) is 9.28. The number of rotatable bonds is 16. The van der Waals surface area contributed by atoms with Crippen LogP contribution in [0.15, 0.2) is 12.2 Å². The maximum absolute atomic E-state index is 11.0. The molecule has 1 atom stereocenters. The first-order chi connectivity index (χ1) is 11.2. The Balaban J connectivity index is 3.50. The number of unbranched alkanes of at least 4 members (excludes halogenated alkanes) is 9. The van der Waals surface area contributed by atoms with Gasteiger partial charge < -0.3 is 4.74 Å².